The summed E-state index contributed by atoms with van der Waals surface area (Å²) in [7, 11) is 1.34. The van der Waals surface area contributed by atoms with Crippen molar-refractivity contribution in [3.63, 3.8) is 0 Å². The van der Waals surface area contributed by atoms with Gasteiger partial charge in [-0.15, -0.1) is 0 Å². The molecule has 116 valence electrons. The molecule has 0 aromatic carbocycles. The monoisotopic (exact) mass is 294 g/mol. The van der Waals surface area contributed by atoms with Crippen molar-refractivity contribution in [1.82, 2.24) is 10.2 Å². The molecule has 1 aliphatic heterocycles. The molecule has 1 aliphatic rings. The minimum Gasteiger partial charge on any atom is -0.463 e. The number of furan rings is 1. The van der Waals surface area contributed by atoms with E-state index >= 15 is 0 Å². The molecule has 0 unspecified atom stereocenters. The number of hydrogen-bond acceptors (Lipinski definition) is 5. The van der Waals surface area contributed by atoms with Gasteiger partial charge in [-0.05, 0) is 32.4 Å². The van der Waals surface area contributed by atoms with Gasteiger partial charge in [-0.3, -0.25) is 9.69 Å². The van der Waals surface area contributed by atoms with E-state index in [0.29, 0.717) is 6.54 Å². The Hall–Kier alpha value is -1.82. The van der Waals surface area contributed by atoms with Crippen molar-refractivity contribution in [3.05, 3.63) is 23.2 Å². The average molecular weight is 294 g/mol. The predicted octanol–water partition coefficient (Wildman–Crippen LogP) is 1.48. The molecule has 6 heteroatoms. The number of likely N-dealkylation sites (tertiary alicyclic amines) is 1. The van der Waals surface area contributed by atoms with Crippen molar-refractivity contribution in [2.24, 2.45) is 0 Å². The highest BCUT2D eigenvalue weighted by molar-refractivity contribution is 5.87. The van der Waals surface area contributed by atoms with Gasteiger partial charge < -0.3 is 14.5 Å². The van der Waals surface area contributed by atoms with Crippen LogP contribution in [-0.2, 0) is 16.1 Å². The number of aryl methyl sites for hydroxylation is 1. The smallest absolute Gasteiger partial charge is 0.374 e. The second kappa shape index (κ2) is 6.76. The van der Waals surface area contributed by atoms with Crippen LogP contribution >= 0.6 is 0 Å². The van der Waals surface area contributed by atoms with E-state index in [1.807, 2.05) is 13.0 Å². The molecule has 2 rings (SSSR count). The van der Waals surface area contributed by atoms with Gasteiger partial charge in [-0.25, -0.2) is 4.79 Å². The minimum atomic E-state index is -0.450. The molecular formula is C15H22N2O4. The van der Waals surface area contributed by atoms with E-state index in [1.54, 1.807) is 0 Å². The van der Waals surface area contributed by atoms with E-state index in [0.717, 1.165) is 37.3 Å². The standard InChI is InChI=1S/C15H22N2O4/c1-10-7-13(21-14(10)15(19)20-3)9-17-6-4-5-12(8-17)16-11(2)18/h7,12H,4-6,8-9H2,1-3H3,(H,16,18)/t12-/m1/s1. The first-order valence-electron chi connectivity index (χ1n) is 7.16. The van der Waals surface area contributed by atoms with Crippen molar-refractivity contribution in [2.75, 3.05) is 20.2 Å². The number of rotatable bonds is 4. The van der Waals surface area contributed by atoms with Gasteiger partial charge in [0, 0.05) is 25.1 Å². The summed E-state index contributed by atoms with van der Waals surface area (Å²) in [5.41, 5.74) is 0.785. The molecule has 1 atom stereocenters. The summed E-state index contributed by atoms with van der Waals surface area (Å²) in [6.07, 6.45) is 2.04. The van der Waals surface area contributed by atoms with Crippen LogP contribution in [0.15, 0.2) is 10.5 Å². The maximum absolute atomic E-state index is 11.5. The van der Waals surface area contributed by atoms with Gasteiger partial charge in [0.2, 0.25) is 11.7 Å². The summed E-state index contributed by atoms with van der Waals surface area (Å²) in [5.74, 6) is 0.566. The lowest BCUT2D eigenvalue weighted by Gasteiger charge is -2.32. The van der Waals surface area contributed by atoms with Crippen LogP contribution in [0.25, 0.3) is 0 Å². The van der Waals surface area contributed by atoms with Crippen LogP contribution in [0.5, 0.6) is 0 Å². The summed E-state index contributed by atoms with van der Waals surface area (Å²) >= 11 is 0. The first-order valence-corrected chi connectivity index (χ1v) is 7.16. The maximum Gasteiger partial charge on any atom is 0.374 e. The summed E-state index contributed by atoms with van der Waals surface area (Å²) in [6.45, 7) is 5.76. The number of carbonyl (C=O) groups excluding carboxylic acids is 2. The molecule has 0 radical (unpaired) electrons. The topological polar surface area (TPSA) is 71.8 Å². The molecule has 1 amide bonds. The highest BCUT2D eigenvalue weighted by Crippen LogP contribution is 2.19. The normalized spacial score (nSPS) is 19.3. The Labute approximate surface area is 124 Å². The van der Waals surface area contributed by atoms with Gasteiger partial charge in [0.1, 0.15) is 5.76 Å². The fraction of sp³-hybridized carbons (Fsp3) is 0.600. The number of ether oxygens (including phenoxy) is 1. The largest absolute Gasteiger partial charge is 0.463 e. The number of methoxy groups -OCH3 is 1. The first-order chi connectivity index (χ1) is 9.99. The highest BCUT2D eigenvalue weighted by Gasteiger charge is 2.23. The van der Waals surface area contributed by atoms with Gasteiger partial charge in [0.15, 0.2) is 0 Å². The summed E-state index contributed by atoms with van der Waals surface area (Å²) in [4.78, 5) is 24.9. The molecule has 1 aromatic rings. The Morgan fingerprint density at radius 1 is 1.52 bits per heavy atom. The van der Waals surface area contributed by atoms with Crippen molar-refractivity contribution in [3.8, 4) is 0 Å². The van der Waals surface area contributed by atoms with Gasteiger partial charge >= 0.3 is 5.97 Å². The lowest BCUT2D eigenvalue weighted by molar-refractivity contribution is -0.120. The zero-order chi connectivity index (χ0) is 15.4. The lowest BCUT2D eigenvalue weighted by Crippen LogP contribution is -2.46. The molecular weight excluding hydrogens is 272 g/mol. The lowest BCUT2D eigenvalue weighted by atomic mass is 10.1. The molecule has 1 N–H and O–H groups in total. The SMILES string of the molecule is COC(=O)c1oc(CN2CCC[C@@H](NC(C)=O)C2)cc1C. The third-order valence-corrected chi connectivity index (χ3v) is 3.63. The predicted molar refractivity (Wildman–Crippen MR) is 76.9 cm³/mol. The maximum atomic E-state index is 11.5. The van der Waals surface area contributed by atoms with Crippen LogP contribution in [0, 0.1) is 6.92 Å². The van der Waals surface area contributed by atoms with E-state index in [4.69, 9.17) is 4.42 Å². The number of amides is 1. The average Bonchev–Trinajstić information content (AvgIpc) is 2.78. The van der Waals surface area contributed by atoms with Crippen molar-refractivity contribution >= 4 is 11.9 Å². The number of hydrogen-bond donors (Lipinski definition) is 1. The number of carbonyl (C=O) groups is 2. The molecule has 1 saturated heterocycles. The van der Waals surface area contributed by atoms with E-state index in [1.165, 1.54) is 14.0 Å². The van der Waals surface area contributed by atoms with Crippen LogP contribution in [0.1, 0.15) is 41.6 Å². The molecule has 0 saturated carbocycles. The molecule has 0 aliphatic carbocycles. The second-order valence-corrected chi connectivity index (χ2v) is 5.49. The van der Waals surface area contributed by atoms with Crippen molar-refractivity contribution in [2.45, 2.75) is 39.3 Å². The highest BCUT2D eigenvalue weighted by atomic mass is 16.5. The third-order valence-electron chi connectivity index (χ3n) is 3.63. The van der Waals surface area contributed by atoms with E-state index < -0.39 is 5.97 Å². The number of piperidine rings is 1. The van der Waals surface area contributed by atoms with Gasteiger partial charge in [-0.2, -0.15) is 0 Å². The zero-order valence-corrected chi connectivity index (χ0v) is 12.8. The molecule has 1 fully saturated rings. The van der Waals surface area contributed by atoms with Crippen molar-refractivity contribution in [1.29, 1.82) is 0 Å². The zero-order valence-electron chi connectivity index (χ0n) is 12.8. The Bertz CT molecular complexity index is 524. The van der Waals surface area contributed by atoms with Crippen LogP contribution in [0.2, 0.25) is 0 Å². The summed E-state index contributed by atoms with van der Waals surface area (Å²) in [5, 5.41) is 2.96. The number of esters is 1. The molecule has 1 aromatic heterocycles. The van der Waals surface area contributed by atoms with Gasteiger partial charge in [-0.1, -0.05) is 0 Å². The van der Waals surface area contributed by atoms with Crippen LogP contribution in [0.4, 0.5) is 0 Å². The van der Waals surface area contributed by atoms with E-state index in [-0.39, 0.29) is 17.7 Å². The third kappa shape index (κ3) is 4.07. The molecule has 21 heavy (non-hydrogen) atoms. The molecule has 6 nitrogen and oxygen atoms in total. The second-order valence-electron chi connectivity index (χ2n) is 5.49. The fourth-order valence-corrected chi connectivity index (χ4v) is 2.75. The van der Waals surface area contributed by atoms with E-state index in [9.17, 15) is 9.59 Å². The molecule has 2 heterocycles. The minimum absolute atomic E-state index is 0.00340. The molecule has 0 spiro atoms. The Morgan fingerprint density at radius 2 is 2.29 bits per heavy atom. The Morgan fingerprint density at radius 3 is 2.95 bits per heavy atom. The Balaban J connectivity index is 1.98. The number of nitrogens with zero attached hydrogens (tertiary/aromatic N) is 1. The quantitative estimate of drug-likeness (QED) is 0.852. The summed E-state index contributed by atoms with van der Waals surface area (Å²) < 4.78 is 10.3. The first kappa shape index (κ1) is 15.6. The molecule has 0 bridgehead atoms. The van der Waals surface area contributed by atoms with E-state index in [2.05, 4.69) is 15.0 Å². The van der Waals surface area contributed by atoms with Crippen molar-refractivity contribution < 1.29 is 18.7 Å². The van der Waals surface area contributed by atoms with Gasteiger partial charge in [0.25, 0.3) is 0 Å². The van der Waals surface area contributed by atoms with Gasteiger partial charge in [0.05, 0.1) is 13.7 Å². The number of nitrogens with one attached hydrogen (secondary N) is 1. The van der Waals surface area contributed by atoms with Crippen LogP contribution in [-0.4, -0.2) is 43.0 Å². The summed E-state index contributed by atoms with van der Waals surface area (Å²) in [6, 6.07) is 2.06. The van der Waals surface area contributed by atoms with Crippen LogP contribution in [0.3, 0.4) is 0 Å². The fourth-order valence-electron chi connectivity index (χ4n) is 2.75. The van der Waals surface area contributed by atoms with Crippen LogP contribution < -0.4 is 5.32 Å². The Kier molecular flexibility index (Phi) is 5.01.